The lowest BCUT2D eigenvalue weighted by Crippen LogP contribution is -2.29. The Kier molecular flexibility index (Phi) is 35.5. The first-order chi connectivity index (χ1) is 25.3. The monoisotopic (exact) mass is 744 g/mol. The molecular formula is C43H69O8P. The van der Waals surface area contributed by atoms with Crippen LogP contribution in [0.25, 0.3) is 0 Å². The fraction of sp³-hybridized carbons (Fsp3) is 0.581. The van der Waals surface area contributed by atoms with Gasteiger partial charge >= 0.3 is 19.8 Å². The number of esters is 2. The second-order valence-electron chi connectivity index (χ2n) is 12.6. The van der Waals surface area contributed by atoms with Crippen LogP contribution in [0.1, 0.15) is 142 Å². The fourth-order valence-electron chi connectivity index (χ4n) is 4.89. The van der Waals surface area contributed by atoms with Crippen LogP contribution in [-0.2, 0) is 28.2 Å². The van der Waals surface area contributed by atoms with Gasteiger partial charge in [0.05, 0.1) is 6.61 Å². The number of carbonyl (C=O) groups is 2. The molecule has 0 saturated heterocycles. The third kappa shape index (κ3) is 39.8. The summed E-state index contributed by atoms with van der Waals surface area (Å²) < 4.78 is 26.2. The Morgan fingerprint density at radius 2 is 0.981 bits per heavy atom. The zero-order valence-corrected chi connectivity index (χ0v) is 33.1. The predicted molar refractivity (Wildman–Crippen MR) is 216 cm³/mol. The van der Waals surface area contributed by atoms with E-state index in [-0.39, 0.29) is 19.4 Å². The average molecular weight is 745 g/mol. The number of unbranched alkanes of at least 4 members (excludes halogenated alkanes) is 12. The Balaban J connectivity index is 4.00. The minimum atomic E-state index is -4.78. The lowest BCUT2D eigenvalue weighted by molar-refractivity contribution is -0.161. The number of ether oxygens (including phenoxy) is 2. The number of phosphoric ester groups is 1. The fourth-order valence-corrected chi connectivity index (χ4v) is 5.25. The normalized spacial score (nSPS) is 13.5. The van der Waals surface area contributed by atoms with Crippen molar-refractivity contribution in [3.05, 3.63) is 97.2 Å². The van der Waals surface area contributed by atoms with Crippen LogP contribution in [0.2, 0.25) is 0 Å². The van der Waals surface area contributed by atoms with Gasteiger partial charge in [-0.05, 0) is 57.8 Å². The third-order valence-corrected chi connectivity index (χ3v) is 8.21. The summed E-state index contributed by atoms with van der Waals surface area (Å²) >= 11 is 0. The summed E-state index contributed by atoms with van der Waals surface area (Å²) in [6.45, 7) is 3.35. The molecule has 0 aliphatic rings. The molecule has 2 N–H and O–H groups in total. The van der Waals surface area contributed by atoms with Gasteiger partial charge in [-0.3, -0.25) is 14.1 Å². The van der Waals surface area contributed by atoms with Gasteiger partial charge in [0.2, 0.25) is 0 Å². The minimum Gasteiger partial charge on any atom is -0.462 e. The summed E-state index contributed by atoms with van der Waals surface area (Å²) in [5.41, 5.74) is 0. The first-order valence-electron chi connectivity index (χ1n) is 19.6. The Hall–Kier alpha value is -3.03. The van der Waals surface area contributed by atoms with E-state index in [1.165, 1.54) is 51.4 Å². The van der Waals surface area contributed by atoms with E-state index >= 15 is 0 Å². The Morgan fingerprint density at radius 1 is 0.519 bits per heavy atom. The van der Waals surface area contributed by atoms with Crippen molar-refractivity contribution in [1.29, 1.82) is 0 Å². The van der Waals surface area contributed by atoms with Gasteiger partial charge in [0.15, 0.2) is 6.10 Å². The number of phosphoric acid groups is 1. The van der Waals surface area contributed by atoms with Crippen LogP contribution in [0.5, 0.6) is 0 Å². The molecule has 0 bridgehead atoms. The molecule has 0 fully saturated rings. The second-order valence-corrected chi connectivity index (χ2v) is 13.9. The maximum Gasteiger partial charge on any atom is 0.469 e. The summed E-state index contributed by atoms with van der Waals surface area (Å²) in [5.74, 6) is -0.984. The minimum absolute atomic E-state index is 0.110. The first-order valence-corrected chi connectivity index (χ1v) is 21.1. The van der Waals surface area contributed by atoms with Crippen LogP contribution < -0.4 is 0 Å². The molecule has 52 heavy (non-hydrogen) atoms. The predicted octanol–water partition coefficient (Wildman–Crippen LogP) is 11.8. The van der Waals surface area contributed by atoms with E-state index < -0.39 is 32.5 Å². The van der Waals surface area contributed by atoms with Crippen LogP contribution in [-0.4, -0.2) is 41.0 Å². The van der Waals surface area contributed by atoms with Gasteiger partial charge in [-0.2, -0.15) is 0 Å². The number of hydrogen-bond acceptors (Lipinski definition) is 6. The molecule has 0 aromatic carbocycles. The van der Waals surface area contributed by atoms with Crippen molar-refractivity contribution in [2.24, 2.45) is 0 Å². The van der Waals surface area contributed by atoms with E-state index in [4.69, 9.17) is 19.3 Å². The molecule has 9 heteroatoms. The van der Waals surface area contributed by atoms with Crippen LogP contribution in [0.4, 0.5) is 0 Å². The zero-order valence-electron chi connectivity index (χ0n) is 32.2. The van der Waals surface area contributed by atoms with Crippen LogP contribution in [0, 0.1) is 0 Å². The molecule has 1 atom stereocenters. The molecule has 0 radical (unpaired) electrons. The van der Waals surface area contributed by atoms with Crippen molar-refractivity contribution >= 4 is 19.8 Å². The molecule has 0 amide bonds. The van der Waals surface area contributed by atoms with Crippen molar-refractivity contribution < 1.29 is 37.9 Å². The molecular weight excluding hydrogens is 675 g/mol. The van der Waals surface area contributed by atoms with Gasteiger partial charge in [-0.25, -0.2) is 4.57 Å². The maximum absolute atomic E-state index is 12.3. The number of carbonyl (C=O) groups excluding carboxylic acids is 2. The molecule has 0 aromatic heterocycles. The molecule has 1 unspecified atom stereocenters. The van der Waals surface area contributed by atoms with E-state index in [1.807, 2.05) is 54.7 Å². The summed E-state index contributed by atoms with van der Waals surface area (Å²) in [4.78, 5) is 42.7. The number of rotatable bonds is 34. The van der Waals surface area contributed by atoms with Gasteiger partial charge < -0.3 is 19.3 Å². The summed E-state index contributed by atoms with van der Waals surface area (Å²) in [6.07, 6.45) is 51.4. The summed E-state index contributed by atoms with van der Waals surface area (Å²) in [6, 6.07) is 0. The van der Waals surface area contributed by atoms with Gasteiger partial charge in [0.25, 0.3) is 0 Å². The quantitative estimate of drug-likeness (QED) is 0.0220. The van der Waals surface area contributed by atoms with E-state index in [0.29, 0.717) is 19.3 Å². The van der Waals surface area contributed by atoms with E-state index in [9.17, 15) is 14.2 Å². The smallest absolute Gasteiger partial charge is 0.462 e. The first kappa shape index (κ1) is 49.0. The molecule has 0 rings (SSSR count). The topological polar surface area (TPSA) is 119 Å². The highest BCUT2D eigenvalue weighted by atomic mass is 31.2. The molecule has 0 spiro atoms. The lowest BCUT2D eigenvalue weighted by Gasteiger charge is -2.18. The van der Waals surface area contributed by atoms with Crippen molar-refractivity contribution in [3.63, 3.8) is 0 Å². The van der Waals surface area contributed by atoms with Crippen LogP contribution in [0.15, 0.2) is 97.2 Å². The van der Waals surface area contributed by atoms with E-state index in [2.05, 4.69) is 60.9 Å². The Morgan fingerprint density at radius 3 is 1.56 bits per heavy atom. The molecule has 0 aromatic rings. The highest BCUT2D eigenvalue weighted by Crippen LogP contribution is 2.36. The van der Waals surface area contributed by atoms with Gasteiger partial charge in [-0.15, -0.1) is 0 Å². The van der Waals surface area contributed by atoms with Crippen molar-refractivity contribution in [2.75, 3.05) is 13.2 Å². The van der Waals surface area contributed by atoms with Crippen LogP contribution in [0.3, 0.4) is 0 Å². The largest absolute Gasteiger partial charge is 0.469 e. The second kappa shape index (κ2) is 37.7. The standard InChI is InChI=1S/C43H69O8P/c1-3-5-7-9-11-13-15-17-18-19-20-21-22-23-24-26-27-29-31-33-35-37-42(44)49-39-41(40-50-52(46,47)48)51-43(45)38-36-34-32-30-28-25-16-14-12-10-8-6-4-2/h5-8,10-14,16-18,25,28,30,32,41H,3-4,9,15,19-24,26-27,29,31,33-40H2,1-2H3,(H2,46,47,48)/b7-5+,8-6+,12-10+,13-11+,16-14+,18-17+,28-25+,32-30+. The van der Waals surface area contributed by atoms with Gasteiger partial charge in [-0.1, -0.05) is 169 Å². The molecule has 0 aliphatic carbocycles. The third-order valence-electron chi connectivity index (χ3n) is 7.73. The molecule has 0 aliphatic heterocycles. The Labute approximate surface area is 315 Å². The average Bonchev–Trinajstić information content (AvgIpc) is 3.11. The SMILES string of the molecule is CC/C=C/C=C/C=C/C=C/C=C/CCCC(=O)OC(COC(=O)CCCCCCCCCCCCC/C=C/C/C=C/C/C=C/CC)COP(=O)(O)O. The highest BCUT2D eigenvalue weighted by Gasteiger charge is 2.22. The molecule has 294 valence electrons. The summed E-state index contributed by atoms with van der Waals surface area (Å²) in [7, 11) is -4.78. The van der Waals surface area contributed by atoms with Crippen molar-refractivity contribution in [3.8, 4) is 0 Å². The van der Waals surface area contributed by atoms with Gasteiger partial charge in [0, 0.05) is 12.8 Å². The number of hydrogen-bond donors (Lipinski definition) is 2. The molecule has 8 nitrogen and oxygen atoms in total. The molecule has 0 saturated carbocycles. The maximum atomic E-state index is 12.3. The van der Waals surface area contributed by atoms with E-state index in [1.54, 1.807) is 0 Å². The molecule has 0 heterocycles. The van der Waals surface area contributed by atoms with Crippen molar-refractivity contribution in [2.45, 2.75) is 148 Å². The van der Waals surface area contributed by atoms with E-state index in [0.717, 1.165) is 44.9 Å². The van der Waals surface area contributed by atoms with Gasteiger partial charge in [0.1, 0.15) is 6.61 Å². The van der Waals surface area contributed by atoms with Crippen LogP contribution >= 0.6 is 7.82 Å². The van der Waals surface area contributed by atoms with Crippen molar-refractivity contribution in [1.82, 2.24) is 0 Å². The summed E-state index contributed by atoms with van der Waals surface area (Å²) in [5, 5.41) is 0. The Bertz CT molecular complexity index is 1160. The highest BCUT2D eigenvalue weighted by molar-refractivity contribution is 7.46. The number of allylic oxidation sites excluding steroid dienone is 16. The zero-order chi connectivity index (χ0) is 38.2. The lowest BCUT2D eigenvalue weighted by atomic mass is 10.0.